The van der Waals surface area contributed by atoms with Crippen LogP contribution in [0.2, 0.25) is 0 Å². The number of aromatic nitrogens is 2. The second kappa shape index (κ2) is 8.76. The van der Waals surface area contributed by atoms with Gasteiger partial charge in [0.2, 0.25) is 0 Å². The third kappa shape index (κ3) is 5.37. The lowest BCUT2D eigenvalue weighted by Gasteiger charge is -2.32. The van der Waals surface area contributed by atoms with E-state index in [0.29, 0.717) is 6.61 Å². The van der Waals surface area contributed by atoms with Crippen molar-refractivity contribution in [1.29, 1.82) is 0 Å². The van der Waals surface area contributed by atoms with E-state index < -0.39 is 41.4 Å². The zero-order chi connectivity index (χ0) is 22.9. The molecule has 2 heterocycles. The second-order valence-electron chi connectivity index (χ2n) is 8.34. The molecular formula is C21H25BF4N2O3. The molecule has 0 N–H and O–H groups in total. The summed E-state index contributed by atoms with van der Waals surface area (Å²) in [5, 5.41) is 3.92. The van der Waals surface area contributed by atoms with Crippen LogP contribution in [-0.2, 0) is 27.2 Å². The van der Waals surface area contributed by atoms with Crippen molar-refractivity contribution >= 4 is 12.7 Å². The Hall–Kier alpha value is -2.17. The highest BCUT2D eigenvalue weighted by Crippen LogP contribution is 2.43. The largest absolute Gasteiger partial charge is 0.525 e. The van der Waals surface area contributed by atoms with Crippen molar-refractivity contribution in [3.05, 3.63) is 59.6 Å². The quantitative estimate of drug-likeness (QED) is 0.347. The van der Waals surface area contributed by atoms with E-state index in [1.54, 1.807) is 27.7 Å². The lowest BCUT2D eigenvalue weighted by molar-refractivity contribution is -0.0699. The van der Waals surface area contributed by atoms with Gasteiger partial charge in [0.1, 0.15) is 5.73 Å². The molecule has 0 unspecified atom stereocenters. The highest BCUT2D eigenvalue weighted by Gasteiger charge is 2.55. The summed E-state index contributed by atoms with van der Waals surface area (Å²) in [7, 11) is -1.75. The predicted molar refractivity (Wildman–Crippen MR) is 108 cm³/mol. The Kier molecular flexibility index (Phi) is 6.64. The second-order valence-corrected chi connectivity index (χ2v) is 8.34. The van der Waals surface area contributed by atoms with Crippen LogP contribution in [-0.4, -0.2) is 40.9 Å². The molecule has 31 heavy (non-hydrogen) atoms. The summed E-state index contributed by atoms with van der Waals surface area (Å²) in [6.07, 6.45) is -2.84. The summed E-state index contributed by atoms with van der Waals surface area (Å²) in [6.45, 7) is 7.39. The van der Waals surface area contributed by atoms with Gasteiger partial charge in [-0.2, -0.15) is 18.3 Å². The number of ether oxygens (including phenoxy) is 1. The van der Waals surface area contributed by atoms with Gasteiger partial charge in [-0.05, 0) is 33.3 Å². The summed E-state index contributed by atoms with van der Waals surface area (Å²) in [4.78, 5) is 0. The summed E-state index contributed by atoms with van der Waals surface area (Å²) >= 11 is 0. The van der Waals surface area contributed by atoms with Gasteiger partial charge in [-0.15, -0.1) is 0 Å². The average molecular weight is 440 g/mol. The van der Waals surface area contributed by atoms with Crippen molar-refractivity contribution in [3.63, 3.8) is 0 Å². The molecular weight excluding hydrogens is 415 g/mol. The van der Waals surface area contributed by atoms with Gasteiger partial charge < -0.3 is 14.0 Å². The molecule has 0 atom stereocenters. The van der Waals surface area contributed by atoms with Gasteiger partial charge in [0.05, 0.1) is 42.7 Å². The number of hydrogen-bond acceptors (Lipinski definition) is 4. The normalized spacial score (nSPS) is 18.9. The van der Waals surface area contributed by atoms with Gasteiger partial charge in [0.15, 0.2) is 0 Å². The highest BCUT2D eigenvalue weighted by molar-refractivity contribution is 6.55. The highest BCUT2D eigenvalue weighted by atomic mass is 19.4. The number of alkyl halides is 3. The van der Waals surface area contributed by atoms with E-state index in [2.05, 4.69) is 5.10 Å². The average Bonchev–Trinajstić information content (AvgIpc) is 3.20. The SMILES string of the molecule is CC1(C)OB(C(F)=C(c2cnn(CCOCc3ccccc3)c2)C(F)(F)F)OC1(C)C. The van der Waals surface area contributed by atoms with Gasteiger partial charge in [-0.3, -0.25) is 4.68 Å². The van der Waals surface area contributed by atoms with E-state index in [9.17, 15) is 17.6 Å². The van der Waals surface area contributed by atoms with Crippen molar-refractivity contribution in [2.45, 2.75) is 58.2 Å². The molecule has 3 rings (SSSR count). The van der Waals surface area contributed by atoms with Crippen LogP contribution in [0.3, 0.4) is 0 Å². The van der Waals surface area contributed by atoms with Crippen molar-refractivity contribution < 1.29 is 31.6 Å². The monoisotopic (exact) mass is 440 g/mol. The molecule has 1 aliphatic heterocycles. The lowest BCUT2D eigenvalue weighted by atomic mass is 9.83. The third-order valence-electron chi connectivity index (χ3n) is 5.48. The number of benzene rings is 1. The zero-order valence-corrected chi connectivity index (χ0v) is 17.9. The Bertz CT molecular complexity index is 910. The summed E-state index contributed by atoms with van der Waals surface area (Å²) in [5.74, 6) is 0. The Morgan fingerprint density at radius 1 is 1.10 bits per heavy atom. The first-order valence-corrected chi connectivity index (χ1v) is 9.88. The summed E-state index contributed by atoms with van der Waals surface area (Å²) in [6, 6.07) is 9.48. The van der Waals surface area contributed by atoms with Crippen LogP contribution in [0.5, 0.6) is 0 Å². The number of halogens is 4. The van der Waals surface area contributed by atoms with Crippen molar-refractivity contribution in [2.75, 3.05) is 6.61 Å². The fraction of sp³-hybridized carbons (Fsp3) is 0.476. The Balaban J connectivity index is 1.72. The molecule has 1 saturated heterocycles. The van der Waals surface area contributed by atoms with Crippen molar-refractivity contribution in [3.8, 4) is 0 Å². The molecule has 10 heteroatoms. The van der Waals surface area contributed by atoms with Crippen LogP contribution < -0.4 is 0 Å². The van der Waals surface area contributed by atoms with E-state index in [4.69, 9.17) is 14.0 Å². The number of nitrogens with zero attached hydrogens (tertiary/aromatic N) is 2. The maximum absolute atomic E-state index is 15.0. The van der Waals surface area contributed by atoms with E-state index in [-0.39, 0.29) is 13.2 Å². The Morgan fingerprint density at radius 2 is 1.71 bits per heavy atom. The molecule has 1 aromatic heterocycles. The van der Waals surface area contributed by atoms with E-state index in [0.717, 1.165) is 18.0 Å². The molecule has 5 nitrogen and oxygen atoms in total. The maximum atomic E-state index is 15.0. The maximum Gasteiger partial charge on any atom is 0.525 e. The summed E-state index contributed by atoms with van der Waals surface area (Å²) in [5.41, 5.74) is -4.33. The van der Waals surface area contributed by atoms with E-state index in [1.807, 2.05) is 30.3 Å². The predicted octanol–water partition coefficient (Wildman–Crippen LogP) is 4.97. The molecule has 1 fully saturated rings. The van der Waals surface area contributed by atoms with Crippen LogP contribution in [0.4, 0.5) is 17.6 Å². The summed E-state index contributed by atoms with van der Waals surface area (Å²) < 4.78 is 73.9. The van der Waals surface area contributed by atoms with Crippen LogP contribution in [0, 0.1) is 0 Å². The van der Waals surface area contributed by atoms with E-state index in [1.165, 1.54) is 4.68 Å². The Morgan fingerprint density at radius 3 is 2.29 bits per heavy atom. The van der Waals surface area contributed by atoms with Gasteiger partial charge in [0.25, 0.3) is 0 Å². The first-order valence-electron chi connectivity index (χ1n) is 9.88. The lowest BCUT2D eigenvalue weighted by Crippen LogP contribution is -2.41. The van der Waals surface area contributed by atoms with Crippen molar-refractivity contribution in [2.24, 2.45) is 0 Å². The molecule has 0 bridgehead atoms. The minimum atomic E-state index is -4.95. The molecule has 168 valence electrons. The molecule has 0 radical (unpaired) electrons. The van der Waals surface area contributed by atoms with Gasteiger partial charge >= 0.3 is 13.3 Å². The van der Waals surface area contributed by atoms with Gasteiger partial charge in [-0.1, -0.05) is 30.3 Å². The third-order valence-corrected chi connectivity index (χ3v) is 5.48. The number of allylic oxidation sites excluding steroid dienone is 1. The van der Waals surface area contributed by atoms with Crippen LogP contribution >= 0.6 is 0 Å². The number of hydrogen-bond donors (Lipinski definition) is 0. The molecule has 0 saturated carbocycles. The molecule has 0 spiro atoms. The smallest absolute Gasteiger partial charge is 0.398 e. The minimum Gasteiger partial charge on any atom is -0.398 e. The van der Waals surface area contributed by atoms with Crippen molar-refractivity contribution in [1.82, 2.24) is 9.78 Å². The van der Waals surface area contributed by atoms with E-state index >= 15 is 0 Å². The first-order chi connectivity index (χ1) is 14.4. The van der Waals surface area contributed by atoms with Crippen LogP contribution in [0.15, 0.2) is 48.5 Å². The molecule has 0 aliphatic carbocycles. The number of rotatable bonds is 7. The molecule has 0 amide bonds. The molecule has 2 aromatic rings. The molecule has 1 aliphatic rings. The van der Waals surface area contributed by atoms with Crippen LogP contribution in [0.1, 0.15) is 38.8 Å². The van der Waals surface area contributed by atoms with Crippen LogP contribution in [0.25, 0.3) is 5.57 Å². The molecule has 1 aromatic carbocycles. The van der Waals surface area contributed by atoms with Gasteiger partial charge in [0, 0.05) is 11.8 Å². The first kappa shape index (κ1) is 23.5. The topological polar surface area (TPSA) is 45.5 Å². The fourth-order valence-corrected chi connectivity index (χ4v) is 3.04. The standard InChI is InChI=1S/C21H25BF4N2O3/c1-19(2)20(3,4)31-22(30-19)18(23)17(21(24,25)26)16-12-27-28(13-16)10-11-29-14-15-8-6-5-7-9-15/h5-9,12-13H,10-11,14H2,1-4H3. The minimum absolute atomic E-state index is 0.218. The Labute approximate surface area is 179 Å². The fourth-order valence-electron chi connectivity index (χ4n) is 3.04. The zero-order valence-electron chi connectivity index (χ0n) is 17.9. The van der Waals surface area contributed by atoms with Gasteiger partial charge in [-0.25, -0.2) is 4.39 Å².